The summed E-state index contributed by atoms with van der Waals surface area (Å²) in [4.78, 5) is 21.4. The second-order valence-corrected chi connectivity index (χ2v) is 7.83. The number of amides is 1. The summed E-state index contributed by atoms with van der Waals surface area (Å²) in [5, 5.41) is 0. The summed E-state index contributed by atoms with van der Waals surface area (Å²) in [6.07, 6.45) is 5.96. The fourth-order valence-electron chi connectivity index (χ4n) is 4.04. The monoisotopic (exact) mass is 303 g/mol. The summed E-state index contributed by atoms with van der Waals surface area (Å²) in [7, 11) is 1.94. The molecule has 0 N–H and O–H groups in total. The lowest BCUT2D eigenvalue weighted by atomic mass is 10.1. The first kappa shape index (κ1) is 13.3. The highest BCUT2D eigenvalue weighted by Gasteiger charge is 2.57. The van der Waals surface area contributed by atoms with Gasteiger partial charge in [-0.3, -0.25) is 9.20 Å². The predicted molar refractivity (Wildman–Crippen MR) is 83.3 cm³/mol. The number of nitrogens with zero attached hydrogens (tertiary/aromatic N) is 3. The van der Waals surface area contributed by atoms with Crippen LogP contribution in [0.3, 0.4) is 0 Å². The van der Waals surface area contributed by atoms with Crippen LogP contribution in [0.4, 0.5) is 0 Å². The van der Waals surface area contributed by atoms with Crippen molar-refractivity contribution in [2.45, 2.75) is 39.7 Å². The van der Waals surface area contributed by atoms with Gasteiger partial charge in [0.1, 0.15) is 0 Å². The molecule has 2 atom stereocenters. The summed E-state index contributed by atoms with van der Waals surface area (Å²) in [5.74, 6) is 2.03. The van der Waals surface area contributed by atoms with E-state index >= 15 is 0 Å². The van der Waals surface area contributed by atoms with E-state index in [9.17, 15) is 4.79 Å². The van der Waals surface area contributed by atoms with Gasteiger partial charge in [0.15, 0.2) is 4.96 Å². The molecule has 112 valence electrons. The molecule has 2 fully saturated rings. The Morgan fingerprint density at radius 3 is 2.86 bits per heavy atom. The molecule has 0 radical (unpaired) electrons. The first-order chi connectivity index (χ1) is 10.1. The van der Waals surface area contributed by atoms with Crippen molar-refractivity contribution in [3.8, 4) is 0 Å². The van der Waals surface area contributed by atoms with E-state index < -0.39 is 0 Å². The average Bonchev–Trinajstić information content (AvgIpc) is 2.78. The minimum absolute atomic E-state index is 0.316. The van der Waals surface area contributed by atoms with Crippen molar-refractivity contribution in [1.82, 2.24) is 14.3 Å². The zero-order chi connectivity index (χ0) is 14.7. The number of hydrogen-bond donors (Lipinski definition) is 0. The van der Waals surface area contributed by atoms with E-state index in [2.05, 4.69) is 22.5 Å². The van der Waals surface area contributed by atoms with Crippen LogP contribution < -0.4 is 0 Å². The molecule has 0 saturated heterocycles. The smallest absolute Gasteiger partial charge is 0.226 e. The molecule has 0 spiro atoms. The summed E-state index contributed by atoms with van der Waals surface area (Å²) < 4.78 is 2.15. The van der Waals surface area contributed by atoms with Crippen molar-refractivity contribution < 1.29 is 4.79 Å². The van der Waals surface area contributed by atoms with E-state index in [-0.39, 0.29) is 0 Å². The number of imidazole rings is 1. The Morgan fingerprint density at radius 1 is 1.43 bits per heavy atom. The highest BCUT2D eigenvalue weighted by Crippen LogP contribution is 2.58. The van der Waals surface area contributed by atoms with Crippen LogP contribution in [0.5, 0.6) is 0 Å². The number of aryl methyl sites for hydroxylation is 2. The standard InChI is InChI=1S/C16H21N3OS/c1-9-7-19-13(10(2)17-16(19)21-9)8-18(3)15(20)14-11-5-4-6-12(11)14/h7,11-12,14H,4-6,8H2,1-3H3/t11-,12-/m1/s1. The Labute approximate surface area is 128 Å². The summed E-state index contributed by atoms with van der Waals surface area (Å²) in [6.45, 7) is 4.80. The molecule has 0 unspecified atom stereocenters. The second kappa shape index (κ2) is 4.57. The van der Waals surface area contributed by atoms with Gasteiger partial charge in [0.2, 0.25) is 5.91 Å². The summed E-state index contributed by atoms with van der Waals surface area (Å²) in [5.41, 5.74) is 2.19. The Bertz CT molecular complexity index is 706. The van der Waals surface area contributed by atoms with E-state index in [1.807, 2.05) is 18.9 Å². The van der Waals surface area contributed by atoms with Gasteiger partial charge >= 0.3 is 0 Å². The molecule has 4 rings (SSSR count). The van der Waals surface area contributed by atoms with E-state index in [1.54, 1.807) is 11.3 Å². The maximum atomic E-state index is 12.6. The normalized spacial score (nSPS) is 27.1. The largest absolute Gasteiger partial charge is 0.340 e. The fraction of sp³-hybridized carbons (Fsp3) is 0.625. The molecule has 2 aromatic heterocycles. The molecule has 0 aromatic carbocycles. The summed E-state index contributed by atoms with van der Waals surface area (Å²) >= 11 is 1.70. The molecule has 21 heavy (non-hydrogen) atoms. The van der Waals surface area contributed by atoms with Crippen LogP contribution in [-0.2, 0) is 11.3 Å². The molecule has 2 saturated carbocycles. The maximum absolute atomic E-state index is 12.6. The van der Waals surface area contributed by atoms with Gasteiger partial charge in [0.25, 0.3) is 0 Å². The number of carbonyl (C=O) groups is 1. The van der Waals surface area contributed by atoms with Crippen molar-refractivity contribution in [3.63, 3.8) is 0 Å². The number of rotatable bonds is 3. The van der Waals surface area contributed by atoms with Gasteiger partial charge in [0.05, 0.1) is 17.9 Å². The van der Waals surface area contributed by atoms with Crippen LogP contribution in [0.25, 0.3) is 4.96 Å². The van der Waals surface area contributed by atoms with Crippen LogP contribution in [0, 0.1) is 31.6 Å². The van der Waals surface area contributed by atoms with Crippen LogP contribution in [-0.4, -0.2) is 27.2 Å². The third-order valence-corrected chi connectivity index (χ3v) is 6.09. The number of carbonyl (C=O) groups excluding carboxylic acids is 1. The number of hydrogen-bond acceptors (Lipinski definition) is 3. The van der Waals surface area contributed by atoms with Gasteiger partial charge in [0, 0.05) is 24.0 Å². The Morgan fingerprint density at radius 2 is 2.14 bits per heavy atom. The molecule has 0 bridgehead atoms. The molecule has 2 heterocycles. The van der Waals surface area contributed by atoms with Crippen molar-refractivity contribution >= 4 is 22.2 Å². The molecular weight excluding hydrogens is 282 g/mol. The molecule has 4 nitrogen and oxygen atoms in total. The van der Waals surface area contributed by atoms with Crippen LogP contribution in [0.1, 0.15) is 35.5 Å². The number of fused-ring (bicyclic) bond motifs is 2. The van der Waals surface area contributed by atoms with E-state index in [0.29, 0.717) is 30.2 Å². The van der Waals surface area contributed by atoms with Gasteiger partial charge in [-0.05, 0) is 38.5 Å². The van der Waals surface area contributed by atoms with E-state index in [1.165, 1.54) is 24.1 Å². The minimum atomic E-state index is 0.316. The lowest BCUT2D eigenvalue weighted by molar-refractivity contribution is -0.132. The predicted octanol–water partition coefficient (Wildman–Crippen LogP) is 3.02. The van der Waals surface area contributed by atoms with Crippen LogP contribution in [0.15, 0.2) is 6.20 Å². The lowest BCUT2D eigenvalue weighted by Crippen LogP contribution is -2.29. The van der Waals surface area contributed by atoms with Crippen molar-refractivity contribution in [2.24, 2.45) is 17.8 Å². The Kier molecular flexibility index (Phi) is 2.89. The zero-order valence-corrected chi connectivity index (χ0v) is 13.6. The lowest BCUT2D eigenvalue weighted by Gasteiger charge is -2.18. The minimum Gasteiger partial charge on any atom is -0.340 e. The molecule has 1 amide bonds. The SMILES string of the molecule is Cc1cn2c(CN(C)C(=O)C3[C@@H]4CCC[C@@H]34)c(C)nc2s1. The van der Waals surface area contributed by atoms with Crippen molar-refractivity contribution in [2.75, 3.05) is 7.05 Å². The fourth-order valence-corrected chi connectivity index (χ4v) is 4.93. The van der Waals surface area contributed by atoms with Gasteiger partial charge < -0.3 is 4.90 Å². The molecule has 2 aromatic rings. The average molecular weight is 303 g/mol. The quantitative estimate of drug-likeness (QED) is 0.874. The molecule has 5 heteroatoms. The van der Waals surface area contributed by atoms with Crippen LogP contribution in [0.2, 0.25) is 0 Å². The van der Waals surface area contributed by atoms with Crippen LogP contribution >= 0.6 is 11.3 Å². The Balaban J connectivity index is 1.54. The van der Waals surface area contributed by atoms with Gasteiger partial charge in [-0.2, -0.15) is 0 Å². The first-order valence-corrected chi connectivity index (χ1v) is 8.57. The molecular formula is C16H21N3OS. The topological polar surface area (TPSA) is 37.6 Å². The van der Waals surface area contributed by atoms with Gasteiger partial charge in [-0.15, -0.1) is 11.3 Å². The number of aromatic nitrogens is 2. The maximum Gasteiger partial charge on any atom is 0.226 e. The zero-order valence-electron chi connectivity index (χ0n) is 12.8. The second-order valence-electron chi connectivity index (χ2n) is 6.62. The van der Waals surface area contributed by atoms with Gasteiger partial charge in [-0.25, -0.2) is 4.98 Å². The molecule has 2 aliphatic carbocycles. The highest BCUT2D eigenvalue weighted by molar-refractivity contribution is 7.17. The van der Waals surface area contributed by atoms with Crippen molar-refractivity contribution in [1.29, 1.82) is 0 Å². The highest BCUT2D eigenvalue weighted by atomic mass is 32.1. The number of thiazole rings is 1. The van der Waals surface area contributed by atoms with Crippen molar-refractivity contribution in [3.05, 3.63) is 22.5 Å². The third-order valence-electron chi connectivity index (χ3n) is 5.20. The Hall–Kier alpha value is -1.36. The first-order valence-electron chi connectivity index (χ1n) is 7.75. The molecule has 2 aliphatic rings. The molecule has 0 aliphatic heterocycles. The van der Waals surface area contributed by atoms with E-state index in [4.69, 9.17) is 0 Å². The summed E-state index contributed by atoms with van der Waals surface area (Å²) in [6, 6.07) is 0. The van der Waals surface area contributed by atoms with Gasteiger partial charge in [-0.1, -0.05) is 6.42 Å². The van der Waals surface area contributed by atoms with E-state index in [0.717, 1.165) is 16.3 Å². The third kappa shape index (κ3) is 2.01.